The van der Waals surface area contributed by atoms with Crippen LogP contribution in [0.5, 0.6) is 0 Å². The lowest BCUT2D eigenvalue weighted by atomic mass is 9.43. The molecule has 2 N–H and O–H groups in total. The lowest BCUT2D eigenvalue weighted by Crippen LogP contribution is -2.71. The van der Waals surface area contributed by atoms with Crippen molar-refractivity contribution in [1.82, 2.24) is 0 Å². The molecule has 0 amide bonds. The van der Waals surface area contributed by atoms with Gasteiger partial charge in [-0.15, -0.1) is 0 Å². The van der Waals surface area contributed by atoms with Crippen LogP contribution >= 0.6 is 0 Å². The molecule has 33 heavy (non-hydrogen) atoms. The number of ketones is 2. The maximum Gasteiger partial charge on any atom is 0.193 e. The van der Waals surface area contributed by atoms with Gasteiger partial charge < -0.3 is 19.7 Å². The molecule has 0 aromatic heterocycles. The van der Waals surface area contributed by atoms with E-state index in [0.29, 0.717) is 12.8 Å². The van der Waals surface area contributed by atoms with E-state index in [0.717, 1.165) is 6.42 Å². The van der Waals surface area contributed by atoms with Crippen LogP contribution in [0.25, 0.3) is 0 Å². The van der Waals surface area contributed by atoms with Gasteiger partial charge >= 0.3 is 0 Å². The van der Waals surface area contributed by atoms with E-state index >= 15 is 8.78 Å². The first-order valence-electron chi connectivity index (χ1n) is 12.2. The summed E-state index contributed by atoms with van der Waals surface area (Å²) < 4.78 is 45.1. The van der Waals surface area contributed by atoms with Crippen molar-refractivity contribution >= 4 is 11.6 Å². The zero-order valence-electron chi connectivity index (χ0n) is 19.5. The number of carbonyl (C=O) groups is 2. The standard InChI is InChI=1S/C25H34F2O6/c1-4-5-21-32-20-10-14-15-9-17(26)16-8-13(29)6-7-22(16,2)24(15,27)18(30)11-23(14,3)25(20,33-21)19(31)12-28/h8,14-15,17-18,20-21,28,30H,4-7,9-12H2,1-3H3/t14-,15-,17-,18-,20+,21+,22?,23?,24-,25?/m0/s1. The van der Waals surface area contributed by atoms with Crippen LogP contribution in [0.2, 0.25) is 0 Å². The summed E-state index contributed by atoms with van der Waals surface area (Å²) in [7, 11) is 0. The third-order valence-corrected chi connectivity index (χ3v) is 9.90. The molecule has 1 heterocycles. The first kappa shape index (κ1) is 23.5. The Morgan fingerprint density at radius 2 is 2.00 bits per heavy atom. The summed E-state index contributed by atoms with van der Waals surface area (Å²) in [4.78, 5) is 25.2. The van der Waals surface area contributed by atoms with Gasteiger partial charge in [-0.05, 0) is 49.7 Å². The summed E-state index contributed by atoms with van der Waals surface area (Å²) in [5, 5.41) is 21.3. The minimum Gasteiger partial charge on any atom is -0.390 e. The molecule has 0 radical (unpaired) electrons. The van der Waals surface area contributed by atoms with E-state index in [2.05, 4.69) is 0 Å². The van der Waals surface area contributed by atoms with E-state index in [1.54, 1.807) is 13.8 Å². The van der Waals surface area contributed by atoms with Gasteiger partial charge in [-0.3, -0.25) is 9.59 Å². The Bertz CT molecular complexity index is 907. The van der Waals surface area contributed by atoms with Gasteiger partial charge in [0.1, 0.15) is 18.4 Å². The largest absolute Gasteiger partial charge is 0.390 e. The average Bonchev–Trinajstić information content (AvgIpc) is 3.24. The van der Waals surface area contributed by atoms with Crippen molar-refractivity contribution < 1.29 is 38.1 Å². The molecule has 0 spiro atoms. The minimum absolute atomic E-state index is 0.0666. The number of Topliss-reactive ketones (excluding diaryl/α,β-unsaturated/α-hetero) is 1. The topological polar surface area (TPSA) is 93.1 Å². The molecule has 10 atom stereocenters. The molecule has 8 heteroatoms. The second-order valence-electron chi connectivity index (χ2n) is 11.2. The maximum absolute atomic E-state index is 17.2. The number of hydrogen-bond donors (Lipinski definition) is 2. The number of hydrogen-bond acceptors (Lipinski definition) is 6. The van der Waals surface area contributed by atoms with E-state index in [1.807, 2.05) is 6.92 Å². The van der Waals surface area contributed by atoms with Crippen LogP contribution in [0.15, 0.2) is 11.6 Å². The summed E-state index contributed by atoms with van der Waals surface area (Å²) in [6.07, 6.45) is -1.37. The van der Waals surface area contributed by atoms with Crippen molar-refractivity contribution in [2.75, 3.05) is 6.61 Å². The Labute approximate surface area is 192 Å². The van der Waals surface area contributed by atoms with Crippen LogP contribution in [-0.2, 0) is 19.1 Å². The number of ether oxygens (including phenoxy) is 2. The average molecular weight is 469 g/mol. The highest BCUT2D eigenvalue weighted by molar-refractivity contribution is 5.92. The smallest absolute Gasteiger partial charge is 0.193 e. The van der Waals surface area contributed by atoms with Gasteiger partial charge in [0.05, 0.1) is 12.2 Å². The second kappa shape index (κ2) is 7.39. The van der Waals surface area contributed by atoms with Crippen molar-refractivity contribution in [3.8, 4) is 0 Å². The Kier molecular flexibility index (Phi) is 5.27. The van der Waals surface area contributed by atoms with Gasteiger partial charge in [0, 0.05) is 23.2 Å². The molecule has 4 fully saturated rings. The number of aliphatic hydroxyl groups excluding tert-OH is 2. The van der Waals surface area contributed by atoms with Crippen molar-refractivity contribution in [1.29, 1.82) is 0 Å². The van der Waals surface area contributed by atoms with Crippen LogP contribution in [0.3, 0.4) is 0 Å². The molecule has 5 aliphatic rings. The predicted molar refractivity (Wildman–Crippen MR) is 114 cm³/mol. The summed E-state index contributed by atoms with van der Waals surface area (Å²) in [6.45, 7) is 4.65. The maximum atomic E-state index is 17.2. The summed E-state index contributed by atoms with van der Waals surface area (Å²) in [6, 6.07) is 0. The number of halogens is 2. The zero-order valence-corrected chi connectivity index (χ0v) is 19.5. The highest BCUT2D eigenvalue weighted by atomic mass is 19.1. The number of allylic oxidation sites excluding steroid dienone is 1. The Balaban J connectivity index is 1.61. The normalized spacial score (nSPS) is 53.1. The quantitative estimate of drug-likeness (QED) is 0.659. The van der Waals surface area contributed by atoms with Crippen LogP contribution in [0.1, 0.15) is 65.7 Å². The van der Waals surface area contributed by atoms with Crippen LogP contribution in [-0.4, -0.2) is 64.3 Å². The van der Waals surface area contributed by atoms with Crippen molar-refractivity contribution in [3.05, 3.63) is 11.6 Å². The van der Waals surface area contributed by atoms with Crippen molar-refractivity contribution in [2.24, 2.45) is 22.7 Å². The molecule has 184 valence electrons. The molecule has 0 bridgehead atoms. The molecule has 1 saturated heterocycles. The van der Waals surface area contributed by atoms with Crippen molar-refractivity contribution in [3.63, 3.8) is 0 Å². The second-order valence-corrected chi connectivity index (χ2v) is 11.2. The number of fused-ring (bicyclic) bond motifs is 7. The van der Waals surface area contributed by atoms with E-state index < -0.39 is 71.0 Å². The lowest BCUT2D eigenvalue weighted by Gasteiger charge is -2.64. The molecular weight excluding hydrogens is 434 g/mol. The summed E-state index contributed by atoms with van der Waals surface area (Å²) >= 11 is 0. The molecule has 6 nitrogen and oxygen atoms in total. The van der Waals surface area contributed by atoms with E-state index in [4.69, 9.17) is 9.47 Å². The molecule has 0 aromatic rings. The first-order valence-corrected chi connectivity index (χ1v) is 12.2. The highest BCUT2D eigenvalue weighted by Gasteiger charge is 2.80. The molecule has 5 rings (SSSR count). The third-order valence-electron chi connectivity index (χ3n) is 9.90. The predicted octanol–water partition coefficient (Wildman–Crippen LogP) is 2.98. The molecule has 0 aromatic carbocycles. The fourth-order valence-corrected chi connectivity index (χ4v) is 8.36. The van der Waals surface area contributed by atoms with Gasteiger partial charge in [0.2, 0.25) is 0 Å². The van der Waals surface area contributed by atoms with E-state index in [1.165, 1.54) is 6.08 Å². The van der Waals surface area contributed by atoms with Gasteiger partial charge in [0.25, 0.3) is 0 Å². The van der Waals surface area contributed by atoms with E-state index in [-0.39, 0.29) is 37.0 Å². The minimum atomic E-state index is -2.14. The fraction of sp³-hybridized carbons (Fsp3) is 0.840. The molecule has 1 aliphatic heterocycles. The van der Waals surface area contributed by atoms with Gasteiger partial charge in [-0.25, -0.2) is 8.78 Å². The number of aliphatic hydroxyl groups is 2. The van der Waals surface area contributed by atoms with Gasteiger partial charge in [-0.2, -0.15) is 0 Å². The fourth-order valence-electron chi connectivity index (χ4n) is 8.36. The van der Waals surface area contributed by atoms with Gasteiger partial charge in [-0.1, -0.05) is 27.2 Å². The number of alkyl halides is 2. The molecule has 4 aliphatic carbocycles. The molecule has 3 saturated carbocycles. The summed E-state index contributed by atoms with van der Waals surface area (Å²) in [5.41, 5.74) is -5.82. The zero-order chi connectivity index (χ0) is 24.0. The Morgan fingerprint density at radius 3 is 2.67 bits per heavy atom. The van der Waals surface area contributed by atoms with Crippen LogP contribution < -0.4 is 0 Å². The highest BCUT2D eigenvalue weighted by Crippen LogP contribution is 2.72. The summed E-state index contributed by atoms with van der Waals surface area (Å²) in [5.74, 6) is -2.10. The number of rotatable bonds is 4. The van der Waals surface area contributed by atoms with Gasteiger partial charge in [0.15, 0.2) is 23.5 Å². The Morgan fingerprint density at radius 1 is 1.27 bits per heavy atom. The van der Waals surface area contributed by atoms with Crippen LogP contribution in [0.4, 0.5) is 8.78 Å². The first-order chi connectivity index (χ1) is 15.5. The third kappa shape index (κ3) is 2.67. The van der Waals surface area contributed by atoms with E-state index in [9.17, 15) is 19.8 Å². The lowest BCUT2D eigenvalue weighted by molar-refractivity contribution is -0.242. The van der Waals surface area contributed by atoms with Crippen molar-refractivity contribution in [2.45, 2.75) is 102 Å². The number of carbonyl (C=O) groups excluding carboxylic acids is 2. The van der Waals surface area contributed by atoms with Crippen LogP contribution in [0, 0.1) is 22.7 Å². The molecular formula is C25H34F2O6. The SMILES string of the molecule is CCC[C@@H]1O[C@@H]2C[C@H]3[C@@H]4C[C@H](F)C5=CC(=O)CCC5(C)[C@@]4(F)[C@@H](O)CC3(C)C2(C(=O)CO)O1. The Hall–Kier alpha value is -1.22. The monoisotopic (exact) mass is 468 g/mol. The molecule has 3 unspecified atom stereocenters.